The summed E-state index contributed by atoms with van der Waals surface area (Å²) in [5, 5.41) is 12.0. The van der Waals surface area contributed by atoms with Gasteiger partial charge in [-0.05, 0) is 81.4 Å². The number of cyclic esters (lactones) is 1. The van der Waals surface area contributed by atoms with Crippen LogP contribution in [0.5, 0.6) is 0 Å². The molecule has 0 radical (unpaired) electrons. The number of aliphatic hydroxyl groups is 1. The van der Waals surface area contributed by atoms with Crippen LogP contribution in [0.25, 0.3) is 0 Å². The molecule has 2 fully saturated rings. The first-order chi connectivity index (χ1) is 25.0. The van der Waals surface area contributed by atoms with Crippen molar-refractivity contribution in [1.82, 2.24) is 14.8 Å². The molecule has 2 aliphatic heterocycles. The van der Waals surface area contributed by atoms with Crippen LogP contribution in [0.4, 0.5) is 4.79 Å². The second kappa shape index (κ2) is 19.2. The molecule has 3 aliphatic rings. The van der Waals surface area contributed by atoms with Gasteiger partial charge in [0.15, 0.2) is 14.4 Å². The number of carbonyl (C=O) groups is 2. The summed E-state index contributed by atoms with van der Waals surface area (Å²) in [6, 6.07) is 6.50. The number of pyridine rings is 1. The smallest absolute Gasteiger partial charge is 0.410 e. The van der Waals surface area contributed by atoms with Gasteiger partial charge in [0.2, 0.25) is 0 Å². The number of hydrogen-bond donors (Lipinski definition) is 1. The zero-order chi connectivity index (χ0) is 38.8. The Morgan fingerprint density at radius 2 is 1.75 bits per heavy atom. The third kappa shape index (κ3) is 12.6. The van der Waals surface area contributed by atoms with Crippen molar-refractivity contribution in [3.8, 4) is 0 Å². The SMILES string of the molecule is C/C(=C\C=C\[C@@H](C)c1ccccn1)[C@H]1OC(=O)C[C@H](O[Si](C)(C)C(C)(C)C)CC[C@@](C)(O)[C@@H](OC(=O)N2CCN(C3CCCCCC3)CC2)/C=C/[C@@H]1C. The minimum atomic E-state index is -2.28. The topological polar surface area (TPSA) is 101 Å². The van der Waals surface area contributed by atoms with E-state index in [9.17, 15) is 14.7 Å². The molecule has 1 aromatic rings. The van der Waals surface area contributed by atoms with Gasteiger partial charge < -0.3 is 23.9 Å². The Bertz CT molecular complexity index is 1400. The first-order valence-corrected chi connectivity index (χ1v) is 23.1. The monoisotopic (exact) mass is 751 g/mol. The van der Waals surface area contributed by atoms with E-state index in [1.54, 1.807) is 24.1 Å². The van der Waals surface area contributed by atoms with Gasteiger partial charge >= 0.3 is 12.1 Å². The third-order valence-corrected chi connectivity index (χ3v) is 16.6. The van der Waals surface area contributed by atoms with E-state index in [-0.39, 0.29) is 35.7 Å². The summed E-state index contributed by atoms with van der Waals surface area (Å²) in [5.74, 6) is -0.484. The maximum atomic E-state index is 13.7. The summed E-state index contributed by atoms with van der Waals surface area (Å²) >= 11 is 0. The molecular formula is C43H69N3O6Si. The highest BCUT2D eigenvalue weighted by Gasteiger charge is 2.42. The lowest BCUT2D eigenvalue weighted by Crippen LogP contribution is -2.53. The number of ether oxygens (including phenoxy) is 2. The lowest BCUT2D eigenvalue weighted by atomic mass is 9.88. The molecule has 1 amide bonds. The Hall–Kier alpha value is -2.79. The van der Waals surface area contributed by atoms with E-state index in [4.69, 9.17) is 13.9 Å². The molecule has 0 unspecified atom stereocenters. The Morgan fingerprint density at radius 3 is 2.38 bits per heavy atom. The number of hydrogen-bond acceptors (Lipinski definition) is 8. The van der Waals surface area contributed by atoms with Crippen molar-refractivity contribution < 1.29 is 28.6 Å². The number of rotatable bonds is 8. The fraction of sp³-hybridized carbons (Fsp3) is 0.698. The molecule has 6 atom stereocenters. The summed E-state index contributed by atoms with van der Waals surface area (Å²) in [6.07, 6.45) is 17.7. The fourth-order valence-electron chi connectivity index (χ4n) is 7.42. The van der Waals surface area contributed by atoms with Crippen LogP contribution in [0.2, 0.25) is 18.1 Å². The van der Waals surface area contributed by atoms with Crippen molar-refractivity contribution >= 4 is 20.4 Å². The van der Waals surface area contributed by atoms with Crippen LogP contribution in [0.3, 0.4) is 0 Å². The Morgan fingerprint density at radius 1 is 1.08 bits per heavy atom. The normalized spacial score (nSPS) is 29.4. The lowest BCUT2D eigenvalue weighted by molar-refractivity contribution is -0.151. The van der Waals surface area contributed by atoms with E-state index in [1.807, 2.05) is 50.3 Å². The molecular weight excluding hydrogens is 683 g/mol. The van der Waals surface area contributed by atoms with Crippen LogP contribution in [0.1, 0.15) is 118 Å². The minimum Gasteiger partial charge on any atom is -0.457 e. The number of aromatic nitrogens is 1. The summed E-state index contributed by atoms with van der Waals surface area (Å²) in [6.45, 7) is 21.6. The standard InChI is InChI=1S/C43H69N3O6Si/c1-32(37-21-14-15-26-44-37)17-16-18-33(2)40-34(3)22-23-38(50-41(48)46-29-27-45(28-30-46)35-19-12-10-11-13-20-35)43(7,49)25-24-36(31-39(47)51-40)52-53(8,9)42(4,5)6/h14-18,21-23,26,32,34-36,38,40,49H,10-13,19-20,24-25,27-31H2,1-9H3/b17-16+,23-22+,33-18+/t32-,34+,36-,38+,40-,43-/m1/s1. The van der Waals surface area contributed by atoms with Crippen molar-refractivity contribution in [3.05, 3.63) is 66.0 Å². The predicted molar refractivity (Wildman–Crippen MR) is 215 cm³/mol. The quantitative estimate of drug-likeness (QED) is 0.0924. The van der Waals surface area contributed by atoms with E-state index < -0.39 is 38.3 Å². The van der Waals surface area contributed by atoms with Crippen LogP contribution < -0.4 is 0 Å². The molecule has 0 spiro atoms. The summed E-state index contributed by atoms with van der Waals surface area (Å²) in [7, 11) is -2.28. The first-order valence-electron chi connectivity index (χ1n) is 20.2. The van der Waals surface area contributed by atoms with Gasteiger partial charge in [0, 0.05) is 55.9 Å². The second-order valence-corrected chi connectivity index (χ2v) is 22.3. The molecule has 9 nitrogen and oxygen atoms in total. The highest BCUT2D eigenvalue weighted by molar-refractivity contribution is 6.74. The molecule has 1 aromatic heterocycles. The zero-order valence-corrected chi connectivity index (χ0v) is 35.2. The molecule has 0 bridgehead atoms. The molecule has 53 heavy (non-hydrogen) atoms. The maximum absolute atomic E-state index is 13.7. The molecule has 4 rings (SSSR count). The van der Waals surface area contributed by atoms with Crippen molar-refractivity contribution in [2.75, 3.05) is 26.2 Å². The van der Waals surface area contributed by atoms with E-state index in [2.05, 4.69) is 56.7 Å². The lowest BCUT2D eigenvalue weighted by Gasteiger charge is -2.41. The van der Waals surface area contributed by atoms with Crippen molar-refractivity contribution in [2.24, 2.45) is 5.92 Å². The van der Waals surface area contributed by atoms with Crippen LogP contribution >= 0.6 is 0 Å². The van der Waals surface area contributed by atoms with E-state index in [0.717, 1.165) is 24.4 Å². The van der Waals surface area contributed by atoms with Crippen molar-refractivity contribution in [3.63, 3.8) is 0 Å². The maximum Gasteiger partial charge on any atom is 0.410 e. The Balaban J connectivity index is 1.56. The zero-order valence-electron chi connectivity index (χ0n) is 34.2. The molecule has 0 aromatic carbocycles. The Labute approximate surface area is 321 Å². The number of piperazine rings is 1. The fourth-order valence-corrected chi connectivity index (χ4v) is 8.81. The number of allylic oxidation sites excluding steroid dienone is 3. The predicted octanol–water partition coefficient (Wildman–Crippen LogP) is 8.96. The molecule has 296 valence electrons. The van der Waals surface area contributed by atoms with Crippen LogP contribution in [-0.2, 0) is 18.7 Å². The number of esters is 1. The van der Waals surface area contributed by atoms with Gasteiger partial charge in [-0.2, -0.15) is 0 Å². The van der Waals surface area contributed by atoms with Gasteiger partial charge in [0.1, 0.15) is 11.7 Å². The van der Waals surface area contributed by atoms with E-state index in [0.29, 0.717) is 25.6 Å². The average molecular weight is 752 g/mol. The molecule has 1 N–H and O–H groups in total. The van der Waals surface area contributed by atoms with Crippen molar-refractivity contribution in [2.45, 2.75) is 160 Å². The molecule has 1 saturated heterocycles. The van der Waals surface area contributed by atoms with Crippen LogP contribution in [0.15, 0.2) is 60.3 Å². The average Bonchev–Trinajstić information content (AvgIpc) is 3.40. The number of nitrogens with zero attached hydrogens (tertiary/aromatic N) is 3. The van der Waals surface area contributed by atoms with Gasteiger partial charge in [-0.1, -0.05) is 90.7 Å². The molecule has 1 aliphatic carbocycles. The van der Waals surface area contributed by atoms with Gasteiger partial charge in [-0.15, -0.1) is 0 Å². The summed E-state index contributed by atoms with van der Waals surface area (Å²) < 4.78 is 19.3. The second-order valence-electron chi connectivity index (χ2n) is 17.6. The van der Waals surface area contributed by atoms with Gasteiger partial charge in [-0.3, -0.25) is 14.7 Å². The van der Waals surface area contributed by atoms with Gasteiger partial charge in [0.05, 0.1) is 12.5 Å². The first kappa shape index (κ1) is 42.9. The number of amides is 1. The highest BCUT2D eigenvalue weighted by atomic mass is 28.4. The number of carbonyl (C=O) groups excluding carboxylic acids is 2. The molecule has 3 heterocycles. The minimum absolute atomic E-state index is 0.0702. The summed E-state index contributed by atoms with van der Waals surface area (Å²) in [5.41, 5.74) is 0.466. The van der Waals surface area contributed by atoms with Crippen LogP contribution in [0, 0.1) is 5.92 Å². The van der Waals surface area contributed by atoms with Crippen molar-refractivity contribution in [1.29, 1.82) is 0 Å². The summed E-state index contributed by atoms with van der Waals surface area (Å²) in [4.78, 5) is 36.2. The van der Waals surface area contributed by atoms with Crippen LogP contribution in [-0.4, -0.2) is 96.4 Å². The Kier molecular flexibility index (Phi) is 15.5. The highest BCUT2D eigenvalue weighted by Crippen LogP contribution is 2.39. The molecule has 1 saturated carbocycles. The third-order valence-electron chi connectivity index (χ3n) is 12.1. The molecule has 10 heteroatoms. The van der Waals surface area contributed by atoms with E-state index in [1.165, 1.54) is 38.5 Å². The van der Waals surface area contributed by atoms with E-state index >= 15 is 0 Å². The van der Waals surface area contributed by atoms with Gasteiger partial charge in [0.25, 0.3) is 0 Å². The van der Waals surface area contributed by atoms with Gasteiger partial charge in [-0.25, -0.2) is 4.79 Å². The largest absolute Gasteiger partial charge is 0.457 e.